The molecule has 0 spiro atoms. The molecular formula is C15H14BrClN2OS. The average Bonchev–Trinajstić information content (AvgIpc) is 3.22. The molecular weight excluding hydrogens is 372 g/mol. The molecule has 0 aliphatic heterocycles. The Labute approximate surface area is 140 Å². The molecule has 1 heterocycles. The molecule has 3 nitrogen and oxygen atoms in total. The molecule has 6 heteroatoms. The van der Waals surface area contributed by atoms with Gasteiger partial charge >= 0.3 is 0 Å². The number of rotatable bonds is 4. The molecule has 0 bridgehead atoms. The quantitative estimate of drug-likeness (QED) is 0.821. The van der Waals surface area contributed by atoms with Crippen LogP contribution < -0.4 is 5.32 Å². The van der Waals surface area contributed by atoms with Crippen molar-refractivity contribution in [3.8, 4) is 0 Å². The fraction of sp³-hybridized carbons (Fsp3) is 0.333. The second-order valence-corrected chi connectivity index (χ2v) is 7.56. The van der Waals surface area contributed by atoms with Crippen molar-refractivity contribution in [3.05, 3.63) is 43.8 Å². The summed E-state index contributed by atoms with van der Waals surface area (Å²) >= 11 is 11.1. The summed E-state index contributed by atoms with van der Waals surface area (Å²) in [6.45, 7) is 1.97. The van der Waals surface area contributed by atoms with Gasteiger partial charge in [-0.1, -0.05) is 17.7 Å². The maximum absolute atomic E-state index is 11.8. The number of hydrogen-bond acceptors (Lipinski definition) is 3. The SMILES string of the molecule is Cc1nc(NC(=O)C2CC2)sc1Cc1ccc(Br)c(Cl)c1. The predicted molar refractivity (Wildman–Crippen MR) is 90.2 cm³/mol. The average molecular weight is 386 g/mol. The van der Waals surface area contributed by atoms with Gasteiger partial charge in [0.2, 0.25) is 5.91 Å². The number of nitrogens with one attached hydrogen (secondary N) is 1. The molecule has 1 aliphatic carbocycles. The number of benzene rings is 1. The van der Waals surface area contributed by atoms with E-state index in [4.69, 9.17) is 11.6 Å². The molecule has 0 saturated heterocycles. The standard InChI is InChI=1S/C15H14BrClN2OS/c1-8-13(7-9-2-5-11(16)12(17)6-9)21-15(18-8)19-14(20)10-3-4-10/h2,5-6,10H,3-4,7H2,1H3,(H,18,19,20). The van der Waals surface area contributed by atoms with Gasteiger partial charge < -0.3 is 5.32 Å². The highest BCUT2D eigenvalue weighted by atomic mass is 79.9. The van der Waals surface area contributed by atoms with Gasteiger partial charge in [0.05, 0.1) is 10.7 Å². The first kappa shape index (κ1) is 15.0. The molecule has 110 valence electrons. The Bertz CT molecular complexity index is 697. The van der Waals surface area contributed by atoms with Crippen LogP contribution in [0.2, 0.25) is 5.02 Å². The zero-order valence-corrected chi connectivity index (χ0v) is 14.6. The van der Waals surface area contributed by atoms with Crippen molar-refractivity contribution in [3.63, 3.8) is 0 Å². The van der Waals surface area contributed by atoms with Crippen LogP contribution in [-0.2, 0) is 11.2 Å². The molecule has 1 aromatic carbocycles. The summed E-state index contributed by atoms with van der Waals surface area (Å²) in [6.07, 6.45) is 2.77. The van der Waals surface area contributed by atoms with Crippen molar-refractivity contribution < 1.29 is 4.79 Å². The summed E-state index contributed by atoms with van der Waals surface area (Å²) in [6, 6.07) is 5.94. The van der Waals surface area contributed by atoms with E-state index in [0.29, 0.717) is 10.2 Å². The third-order valence-electron chi connectivity index (χ3n) is 3.42. The van der Waals surface area contributed by atoms with Crippen molar-refractivity contribution in [2.24, 2.45) is 5.92 Å². The fourth-order valence-corrected chi connectivity index (χ4v) is 3.48. The number of aromatic nitrogens is 1. The Hall–Kier alpha value is -0.910. The van der Waals surface area contributed by atoms with Gasteiger partial charge in [-0.15, -0.1) is 11.3 Å². The van der Waals surface area contributed by atoms with Crippen molar-refractivity contribution in [1.82, 2.24) is 4.98 Å². The summed E-state index contributed by atoms with van der Waals surface area (Å²) in [5, 5.41) is 4.31. The summed E-state index contributed by atoms with van der Waals surface area (Å²) in [7, 11) is 0. The molecule has 1 aliphatic rings. The Morgan fingerprint density at radius 3 is 2.95 bits per heavy atom. The van der Waals surface area contributed by atoms with Crippen molar-refractivity contribution >= 4 is 49.9 Å². The predicted octanol–water partition coefficient (Wildman–Crippen LogP) is 4.81. The van der Waals surface area contributed by atoms with Gasteiger partial charge in [0.1, 0.15) is 0 Å². The van der Waals surface area contributed by atoms with Gasteiger partial charge in [0.25, 0.3) is 0 Å². The molecule has 1 saturated carbocycles. The minimum absolute atomic E-state index is 0.0991. The smallest absolute Gasteiger partial charge is 0.229 e. The maximum Gasteiger partial charge on any atom is 0.229 e. The molecule has 0 radical (unpaired) electrons. The van der Waals surface area contributed by atoms with Gasteiger partial charge in [-0.2, -0.15) is 0 Å². The van der Waals surface area contributed by atoms with Crippen LogP contribution in [0.3, 0.4) is 0 Å². The molecule has 1 aromatic heterocycles. The number of anilines is 1. The van der Waals surface area contributed by atoms with E-state index >= 15 is 0 Å². The third kappa shape index (κ3) is 3.65. The molecule has 2 aromatic rings. The van der Waals surface area contributed by atoms with E-state index < -0.39 is 0 Å². The summed E-state index contributed by atoms with van der Waals surface area (Å²) in [5.74, 6) is 0.296. The Kier molecular flexibility index (Phi) is 4.33. The normalized spacial score (nSPS) is 14.2. The first-order valence-electron chi connectivity index (χ1n) is 6.74. The highest BCUT2D eigenvalue weighted by Crippen LogP contribution is 2.32. The first-order valence-corrected chi connectivity index (χ1v) is 8.73. The van der Waals surface area contributed by atoms with Crippen LogP contribution in [0.25, 0.3) is 0 Å². The molecule has 3 rings (SSSR count). The first-order chi connectivity index (χ1) is 10.0. The van der Waals surface area contributed by atoms with E-state index in [1.165, 1.54) is 0 Å². The highest BCUT2D eigenvalue weighted by molar-refractivity contribution is 9.10. The van der Waals surface area contributed by atoms with Gasteiger partial charge in [-0.3, -0.25) is 4.79 Å². The van der Waals surface area contributed by atoms with E-state index in [-0.39, 0.29) is 11.8 Å². The number of thiazole rings is 1. The molecule has 1 N–H and O–H groups in total. The lowest BCUT2D eigenvalue weighted by atomic mass is 10.1. The molecule has 0 unspecified atom stereocenters. The summed E-state index contributed by atoms with van der Waals surface area (Å²) < 4.78 is 0.895. The van der Waals surface area contributed by atoms with E-state index in [1.807, 2.05) is 25.1 Å². The van der Waals surface area contributed by atoms with Crippen LogP contribution in [-0.4, -0.2) is 10.9 Å². The fourth-order valence-electron chi connectivity index (χ4n) is 2.03. The van der Waals surface area contributed by atoms with E-state index in [1.54, 1.807) is 11.3 Å². The number of halogens is 2. The van der Waals surface area contributed by atoms with Crippen LogP contribution in [0.5, 0.6) is 0 Å². The zero-order valence-electron chi connectivity index (χ0n) is 11.5. The number of aryl methyl sites for hydroxylation is 1. The third-order valence-corrected chi connectivity index (χ3v) is 5.72. The molecule has 21 heavy (non-hydrogen) atoms. The largest absolute Gasteiger partial charge is 0.302 e. The summed E-state index contributed by atoms with van der Waals surface area (Å²) in [5.41, 5.74) is 2.10. The van der Waals surface area contributed by atoms with Crippen LogP contribution in [0.1, 0.15) is 29.0 Å². The number of hydrogen-bond donors (Lipinski definition) is 1. The van der Waals surface area contributed by atoms with Gasteiger partial charge in [0.15, 0.2) is 5.13 Å². The Morgan fingerprint density at radius 1 is 1.52 bits per heavy atom. The molecule has 0 atom stereocenters. The van der Waals surface area contributed by atoms with Crippen LogP contribution in [0.4, 0.5) is 5.13 Å². The highest BCUT2D eigenvalue weighted by Gasteiger charge is 2.30. The van der Waals surface area contributed by atoms with Crippen molar-refractivity contribution in [2.45, 2.75) is 26.2 Å². The van der Waals surface area contributed by atoms with E-state index in [2.05, 4.69) is 26.2 Å². The number of amides is 1. The molecule has 1 fully saturated rings. The second-order valence-electron chi connectivity index (χ2n) is 5.22. The maximum atomic E-state index is 11.8. The summed E-state index contributed by atoms with van der Waals surface area (Å²) in [4.78, 5) is 17.4. The minimum Gasteiger partial charge on any atom is -0.302 e. The second kappa shape index (κ2) is 6.07. The van der Waals surface area contributed by atoms with E-state index in [0.717, 1.165) is 39.9 Å². The van der Waals surface area contributed by atoms with Crippen LogP contribution >= 0.6 is 38.9 Å². The lowest BCUT2D eigenvalue weighted by Crippen LogP contribution is -2.12. The topological polar surface area (TPSA) is 42.0 Å². The Balaban J connectivity index is 1.74. The zero-order chi connectivity index (χ0) is 15.0. The van der Waals surface area contributed by atoms with Crippen molar-refractivity contribution in [1.29, 1.82) is 0 Å². The monoisotopic (exact) mass is 384 g/mol. The van der Waals surface area contributed by atoms with Gasteiger partial charge in [-0.25, -0.2) is 4.98 Å². The lowest BCUT2D eigenvalue weighted by molar-refractivity contribution is -0.117. The van der Waals surface area contributed by atoms with Crippen LogP contribution in [0, 0.1) is 12.8 Å². The minimum atomic E-state index is 0.0991. The lowest BCUT2D eigenvalue weighted by Gasteiger charge is -2.02. The van der Waals surface area contributed by atoms with E-state index in [9.17, 15) is 4.79 Å². The number of nitrogens with zero attached hydrogens (tertiary/aromatic N) is 1. The number of carbonyl (C=O) groups is 1. The van der Waals surface area contributed by atoms with Gasteiger partial charge in [0, 0.05) is 21.7 Å². The van der Waals surface area contributed by atoms with Gasteiger partial charge in [-0.05, 0) is 53.4 Å². The van der Waals surface area contributed by atoms with Crippen LogP contribution in [0.15, 0.2) is 22.7 Å². The van der Waals surface area contributed by atoms with Crippen molar-refractivity contribution in [2.75, 3.05) is 5.32 Å². The Morgan fingerprint density at radius 2 is 2.29 bits per heavy atom. The molecule has 1 amide bonds. The number of carbonyl (C=O) groups excluding carboxylic acids is 1.